The maximum absolute atomic E-state index is 11.8. The zero-order valence-electron chi connectivity index (χ0n) is 10.8. The highest BCUT2D eigenvalue weighted by Gasteiger charge is 2.07. The Morgan fingerprint density at radius 3 is 2.47 bits per heavy atom. The van der Waals surface area contributed by atoms with E-state index in [1.807, 2.05) is 31.2 Å². The number of hydrogen-bond donors (Lipinski definition) is 1. The van der Waals surface area contributed by atoms with E-state index in [0.717, 1.165) is 17.7 Å². The maximum atomic E-state index is 11.8. The van der Waals surface area contributed by atoms with Gasteiger partial charge in [0, 0.05) is 11.6 Å². The first kappa shape index (κ1) is 13.7. The summed E-state index contributed by atoms with van der Waals surface area (Å²) in [6.07, 6.45) is 1.02. The quantitative estimate of drug-likeness (QED) is 0.738. The largest absolute Gasteiger partial charge is 0.494 e. The highest BCUT2D eigenvalue weighted by Crippen LogP contribution is 2.12. The van der Waals surface area contributed by atoms with E-state index in [1.165, 1.54) is 0 Å². The molecule has 0 bridgehead atoms. The molecule has 1 aromatic carbocycles. The molecule has 1 aromatic rings. The van der Waals surface area contributed by atoms with E-state index in [1.54, 1.807) is 0 Å². The molecule has 0 aliphatic rings. The molecule has 3 nitrogen and oxygen atoms in total. The first-order valence-electron chi connectivity index (χ1n) is 6.16. The van der Waals surface area contributed by atoms with E-state index in [9.17, 15) is 4.79 Å². The average molecular weight is 235 g/mol. The zero-order valence-corrected chi connectivity index (χ0v) is 10.8. The minimum Gasteiger partial charge on any atom is -0.494 e. The Kier molecular flexibility index (Phi) is 5.70. The Labute approximate surface area is 103 Å². The molecule has 0 radical (unpaired) electrons. The first-order valence-corrected chi connectivity index (χ1v) is 6.16. The van der Waals surface area contributed by atoms with Gasteiger partial charge in [-0.1, -0.05) is 6.92 Å². The number of Topliss-reactive ketones (excluding diaryl/α,β-unsaturated/α-hetero) is 1. The molecule has 0 heterocycles. The third-order valence-electron chi connectivity index (χ3n) is 2.71. The lowest BCUT2D eigenvalue weighted by molar-refractivity contribution is 0.0987. The van der Waals surface area contributed by atoms with Crippen molar-refractivity contribution < 1.29 is 9.53 Å². The zero-order chi connectivity index (χ0) is 12.7. The molecule has 0 amide bonds. The standard InChI is InChI=1S/C14H21NO2/c1-4-11(3)15-10-14(16)12-6-8-13(9-7-12)17-5-2/h6-9,11,15H,4-5,10H2,1-3H3. The molecule has 1 N–H and O–H groups in total. The van der Waals surface area contributed by atoms with E-state index in [-0.39, 0.29) is 5.78 Å². The lowest BCUT2D eigenvalue weighted by Gasteiger charge is -2.10. The number of ether oxygens (including phenoxy) is 1. The Balaban J connectivity index is 2.51. The molecule has 3 heteroatoms. The number of hydrogen-bond acceptors (Lipinski definition) is 3. The molecule has 0 aromatic heterocycles. The Bertz CT molecular complexity index is 346. The van der Waals surface area contributed by atoms with Crippen molar-refractivity contribution in [1.29, 1.82) is 0 Å². The van der Waals surface area contributed by atoms with Crippen LogP contribution in [0.5, 0.6) is 5.75 Å². The van der Waals surface area contributed by atoms with Crippen molar-refractivity contribution >= 4 is 5.78 Å². The van der Waals surface area contributed by atoms with Crippen LogP contribution in [0.4, 0.5) is 0 Å². The van der Waals surface area contributed by atoms with Gasteiger partial charge in [-0.25, -0.2) is 0 Å². The molecule has 0 spiro atoms. The van der Waals surface area contributed by atoms with Gasteiger partial charge in [-0.3, -0.25) is 4.79 Å². The van der Waals surface area contributed by atoms with Gasteiger partial charge in [0.1, 0.15) is 5.75 Å². The molecule has 0 saturated heterocycles. The minimum atomic E-state index is 0.119. The van der Waals surface area contributed by atoms with Gasteiger partial charge >= 0.3 is 0 Å². The van der Waals surface area contributed by atoms with Crippen LogP contribution in [0, 0.1) is 0 Å². The lowest BCUT2D eigenvalue weighted by atomic mass is 10.1. The van der Waals surface area contributed by atoms with Crippen molar-refractivity contribution in [2.24, 2.45) is 0 Å². The predicted molar refractivity (Wildman–Crippen MR) is 69.7 cm³/mol. The van der Waals surface area contributed by atoms with Crippen molar-refractivity contribution in [3.63, 3.8) is 0 Å². The molecular formula is C14H21NO2. The van der Waals surface area contributed by atoms with Gasteiger partial charge in [-0.2, -0.15) is 0 Å². The molecule has 17 heavy (non-hydrogen) atoms. The van der Waals surface area contributed by atoms with Crippen LogP contribution in [0.25, 0.3) is 0 Å². The van der Waals surface area contributed by atoms with Crippen molar-refractivity contribution in [3.05, 3.63) is 29.8 Å². The van der Waals surface area contributed by atoms with Gasteiger partial charge in [-0.15, -0.1) is 0 Å². The molecule has 94 valence electrons. The number of nitrogens with one attached hydrogen (secondary N) is 1. The van der Waals surface area contributed by atoms with Crippen LogP contribution in [-0.4, -0.2) is 25.0 Å². The Morgan fingerprint density at radius 1 is 1.29 bits per heavy atom. The van der Waals surface area contributed by atoms with E-state index in [0.29, 0.717) is 19.2 Å². The highest BCUT2D eigenvalue weighted by molar-refractivity contribution is 5.97. The van der Waals surface area contributed by atoms with Crippen LogP contribution < -0.4 is 10.1 Å². The summed E-state index contributed by atoms with van der Waals surface area (Å²) in [6.45, 7) is 7.14. The minimum absolute atomic E-state index is 0.119. The summed E-state index contributed by atoms with van der Waals surface area (Å²) in [7, 11) is 0. The van der Waals surface area contributed by atoms with Gasteiger partial charge < -0.3 is 10.1 Å². The molecule has 0 saturated carbocycles. The molecule has 0 aliphatic heterocycles. The molecule has 0 aliphatic carbocycles. The van der Waals surface area contributed by atoms with Gasteiger partial charge in [-0.05, 0) is 44.5 Å². The van der Waals surface area contributed by atoms with Gasteiger partial charge in [0.25, 0.3) is 0 Å². The number of carbonyl (C=O) groups excluding carboxylic acids is 1. The third kappa shape index (κ3) is 4.57. The second-order valence-electron chi connectivity index (χ2n) is 4.07. The monoisotopic (exact) mass is 235 g/mol. The highest BCUT2D eigenvalue weighted by atomic mass is 16.5. The van der Waals surface area contributed by atoms with Gasteiger partial charge in [0.2, 0.25) is 0 Å². The van der Waals surface area contributed by atoms with Crippen molar-refractivity contribution in [1.82, 2.24) is 5.32 Å². The second-order valence-corrected chi connectivity index (χ2v) is 4.07. The van der Waals surface area contributed by atoms with E-state index in [4.69, 9.17) is 4.74 Å². The van der Waals surface area contributed by atoms with Crippen molar-refractivity contribution in [3.8, 4) is 5.75 Å². The SMILES string of the molecule is CCOc1ccc(C(=O)CNC(C)CC)cc1. The molecule has 1 rings (SSSR count). The van der Waals surface area contributed by atoms with Crippen LogP contribution in [0.15, 0.2) is 24.3 Å². The first-order chi connectivity index (χ1) is 8.17. The van der Waals surface area contributed by atoms with Gasteiger partial charge in [0.15, 0.2) is 5.78 Å². The second kappa shape index (κ2) is 7.07. The van der Waals surface area contributed by atoms with Crippen LogP contribution >= 0.6 is 0 Å². The van der Waals surface area contributed by atoms with Crippen molar-refractivity contribution in [2.45, 2.75) is 33.2 Å². The van der Waals surface area contributed by atoms with E-state index >= 15 is 0 Å². The van der Waals surface area contributed by atoms with Crippen LogP contribution in [0.3, 0.4) is 0 Å². The fraction of sp³-hybridized carbons (Fsp3) is 0.500. The lowest BCUT2D eigenvalue weighted by Crippen LogP contribution is -2.30. The number of rotatable bonds is 7. The van der Waals surface area contributed by atoms with Crippen LogP contribution in [0.2, 0.25) is 0 Å². The summed E-state index contributed by atoms with van der Waals surface area (Å²) < 4.78 is 5.33. The number of benzene rings is 1. The molecule has 1 atom stereocenters. The summed E-state index contributed by atoms with van der Waals surface area (Å²) in [5, 5.41) is 3.19. The predicted octanol–water partition coefficient (Wildman–Crippen LogP) is 2.66. The average Bonchev–Trinajstić information content (AvgIpc) is 2.36. The van der Waals surface area contributed by atoms with Crippen molar-refractivity contribution in [2.75, 3.05) is 13.2 Å². The van der Waals surface area contributed by atoms with Crippen LogP contribution in [0.1, 0.15) is 37.6 Å². The summed E-state index contributed by atoms with van der Waals surface area (Å²) in [5.74, 6) is 0.923. The summed E-state index contributed by atoms with van der Waals surface area (Å²) >= 11 is 0. The topological polar surface area (TPSA) is 38.3 Å². The third-order valence-corrected chi connectivity index (χ3v) is 2.71. The maximum Gasteiger partial charge on any atom is 0.176 e. The normalized spacial score (nSPS) is 12.2. The summed E-state index contributed by atoms with van der Waals surface area (Å²) in [5.41, 5.74) is 0.726. The summed E-state index contributed by atoms with van der Waals surface area (Å²) in [6, 6.07) is 7.67. The Hall–Kier alpha value is -1.35. The molecule has 1 unspecified atom stereocenters. The summed E-state index contributed by atoms with van der Waals surface area (Å²) in [4.78, 5) is 11.8. The van der Waals surface area contributed by atoms with Gasteiger partial charge in [0.05, 0.1) is 13.2 Å². The number of carbonyl (C=O) groups is 1. The van der Waals surface area contributed by atoms with E-state index < -0.39 is 0 Å². The smallest absolute Gasteiger partial charge is 0.176 e. The fourth-order valence-corrected chi connectivity index (χ4v) is 1.42. The van der Waals surface area contributed by atoms with E-state index in [2.05, 4.69) is 19.2 Å². The fourth-order valence-electron chi connectivity index (χ4n) is 1.42. The molecule has 0 fully saturated rings. The van der Waals surface area contributed by atoms with Crippen LogP contribution in [-0.2, 0) is 0 Å². The number of ketones is 1. The molecular weight excluding hydrogens is 214 g/mol. The Morgan fingerprint density at radius 2 is 1.94 bits per heavy atom.